The van der Waals surface area contributed by atoms with Crippen molar-refractivity contribution in [1.29, 1.82) is 0 Å². The lowest BCUT2D eigenvalue weighted by Gasteiger charge is -2.18. The summed E-state index contributed by atoms with van der Waals surface area (Å²) in [6.45, 7) is 4.78. The lowest BCUT2D eigenvalue weighted by Crippen LogP contribution is -2.25. The van der Waals surface area contributed by atoms with E-state index in [-0.39, 0.29) is 0 Å². The van der Waals surface area contributed by atoms with E-state index in [0.717, 1.165) is 57.2 Å². The molecule has 1 fully saturated rings. The number of rotatable bonds is 1. The van der Waals surface area contributed by atoms with Crippen molar-refractivity contribution in [2.45, 2.75) is 18.9 Å². The molecule has 1 N–H and O–H groups in total. The Balaban J connectivity index is 1.79. The molecule has 0 saturated carbocycles. The van der Waals surface area contributed by atoms with Crippen LogP contribution in [-0.2, 0) is 0 Å². The Labute approximate surface area is 114 Å². The van der Waals surface area contributed by atoms with Crippen LogP contribution in [0.15, 0.2) is 18.2 Å². The van der Waals surface area contributed by atoms with Gasteiger partial charge in [0.15, 0.2) is 11.5 Å². The maximum absolute atomic E-state index is 5.77. The summed E-state index contributed by atoms with van der Waals surface area (Å²) in [6, 6.07) is 6.77. The second-order valence-corrected chi connectivity index (χ2v) is 5.36. The van der Waals surface area contributed by atoms with E-state index in [9.17, 15) is 0 Å². The number of ether oxygens (including phenoxy) is 2. The third kappa shape index (κ3) is 3.01. The quantitative estimate of drug-likeness (QED) is 0.837. The highest BCUT2D eigenvalue weighted by atomic mass is 16.5. The van der Waals surface area contributed by atoms with Crippen molar-refractivity contribution >= 4 is 0 Å². The predicted molar refractivity (Wildman–Crippen MR) is 74.9 cm³/mol. The summed E-state index contributed by atoms with van der Waals surface area (Å²) in [4.78, 5) is 2.37. The lowest BCUT2D eigenvalue weighted by atomic mass is 10.0. The molecule has 2 aliphatic heterocycles. The van der Waals surface area contributed by atoms with Gasteiger partial charge in [-0.15, -0.1) is 0 Å². The fourth-order valence-corrected chi connectivity index (χ4v) is 2.67. The molecule has 0 radical (unpaired) electrons. The smallest absolute Gasteiger partial charge is 0.161 e. The average Bonchev–Trinajstić information content (AvgIpc) is 2.78. The SMILES string of the molecule is CN1CCNC(c2ccc3c(c2)OCCCO3)CC1. The van der Waals surface area contributed by atoms with Gasteiger partial charge in [-0.2, -0.15) is 0 Å². The van der Waals surface area contributed by atoms with Crippen molar-refractivity contribution in [2.75, 3.05) is 39.9 Å². The Morgan fingerprint density at radius 2 is 2.00 bits per heavy atom. The first-order valence-electron chi connectivity index (χ1n) is 7.14. The molecule has 19 heavy (non-hydrogen) atoms. The maximum atomic E-state index is 5.77. The van der Waals surface area contributed by atoms with Crippen molar-refractivity contribution in [2.24, 2.45) is 0 Å². The molecule has 1 aromatic carbocycles. The Hall–Kier alpha value is -1.26. The van der Waals surface area contributed by atoms with E-state index >= 15 is 0 Å². The van der Waals surface area contributed by atoms with E-state index in [1.165, 1.54) is 5.56 Å². The Morgan fingerprint density at radius 1 is 1.16 bits per heavy atom. The van der Waals surface area contributed by atoms with E-state index in [2.05, 4.69) is 29.4 Å². The zero-order chi connectivity index (χ0) is 13.1. The van der Waals surface area contributed by atoms with E-state index in [1.807, 2.05) is 6.07 Å². The first-order valence-corrected chi connectivity index (χ1v) is 7.14. The van der Waals surface area contributed by atoms with Gasteiger partial charge < -0.3 is 19.7 Å². The van der Waals surface area contributed by atoms with E-state index in [4.69, 9.17) is 9.47 Å². The highest BCUT2D eigenvalue weighted by Crippen LogP contribution is 2.33. The molecule has 0 bridgehead atoms. The van der Waals surface area contributed by atoms with Crippen LogP contribution in [0.1, 0.15) is 24.4 Å². The minimum atomic E-state index is 0.419. The normalized spacial score (nSPS) is 24.6. The van der Waals surface area contributed by atoms with Gasteiger partial charge in [0.1, 0.15) is 0 Å². The fourth-order valence-electron chi connectivity index (χ4n) is 2.67. The minimum absolute atomic E-state index is 0.419. The van der Waals surface area contributed by atoms with Crippen molar-refractivity contribution < 1.29 is 9.47 Å². The third-order valence-electron chi connectivity index (χ3n) is 3.86. The fraction of sp³-hybridized carbons (Fsp3) is 0.600. The van der Waals surface area contributed by atoms with Crippen LogP contribution in [0.25, 0.3) is 0 Å². The van der Waals surface area contributed by atoms with Gasteiger partial charge in [0, 0.05) is 25.6 Å². The standard InChI is InChI=1S/C15H22N2O2/c1-17-7-5-13(16-6-8-17)12-3-4-14-15(11-12)19-10-2-9-18-14/h3-4,11,13,16H,2,5-10H2,1H3. The highest BCUT2D eigenvalue weighted by molar-refractivity contribution is 5.44. The number of hydrogen-bond donors (Lipinski definition) is 1. The van der Waals surface area contributed by atoms with Crippen LogP contribution in [0.5, 0.6) is 11.5 Å². The van der Waals surface area contributed by atoms with Gasteiger partial charge in [0.2, 0.25) is 0 Å². The summed E-state index contributed by atoms with van der Waals surface area (Å²) in [6.07, 6.45) is 2.09. The molecule has 104 valence electrons. The number of hydrogen-bond acceptors (Lipinski definition) is 4. The molecule has 1 saturated heterocycles. The summed E-state index contributed by atoms with van der Waals surface area (Å²) in [5.74, 6) is 1.78. The molecule has 1 atom stereocenters. The van der Waals surface area contributed by atoms with Crippen LogP contribution in [0.3, 0.4) is 0 Å². The van der Waals surface area contributed by atoms with Gasteiger partial charge in [-0.3, -0.25) is 0 Å². The first kappa shape index (κ1) is 12.8. The molecule has 0 aromatic heterocycles. The molecule has 2 heterocycles. The Kier molecular flexibility index (Phi) is 3.89. The first-order chi connectivity index (χ1) is 9.33. The second kappa shape index (κ2) is 5.80. The van der Waals surface area contributed by atoms with E-state index in [0.29, 0.717) is 6.04 Å². The molecule has 2 aliphatic rings. The molecule has 1 unspecified atom stereocenters. The Morgan fingerprint density at radius 3 is 2.89 bits per heavy atom. The molecule has 1 aromatic rings. The molecule has 0 aliphatic carbocycles. The highest BCUT2D eigenvalue weighted by Gasteiger charge is 2.18. The number of nitrogens with one attached hydrogen (secondary N) is 1. The van der Waals surface area contributed by atoms with Crippen molar-refractivity contribution in [3.63, 3.8) is 0 Å². The molecule has 0 amide bonds. The second-order valence-electron chi connectivity index (χ2n) is 5.36. The van der Waals surface area contributed by atoms with Crippen LogP contribution >= 0.6 is 0 Å². The number of likely N-dealkylation sites (N-methyl/N-ethyl adjacent to an activating group) is 1. The predicted octanol–water partition coefficient (Wildman–Crippen LogP) is 1.81. The number of nitrogens with zero attached hydrogens (tertiary/aromatic N) is 1. The van der Waals surface area contributed by atoms with Gasteiger partial charge in [-0.05, 0) is 37.7 Å². The van der Waals surface area contributed by atoms with Gasteiger partial charge in [0.05, 0.1) is 13.2 Å². The minimum Gasteiger partial charge on any atom is -0.490 e. The topological polar surface area (TPSA) is 33.7 Å². The number of fused-ring (bicyclic) bond motifs is 1. The maximum Gasteiger partial charge on any atom is 0.161 e. The van der Waals surface area contributed by atoms with Gasteiger partial charge in [-0.25, -0.2) is 0 Å². The van der Waals surface area contributed by atoms with Crippen LogP contribution in [-0.4, -0.2) is 44.8 Å². The van der Waals surface area contributed by atoms with Crippen molar-refractivity contribution in [3.8, 4) is 11.5 Å². The third-order valence-corrected chi connectivity index (χ3v) is 3.86. The van der Waals surface area contributed by atoms with Crippen LogP contribution in [0.2, 0.25) is 0 Å². The molecular formula is C15H22N2O2. The van der Waals surface area contributed by atoms with Gasteiger partial charge in [-0.1, -0.05) is 6.07 Å². The van der Waals surface area contributed by atoms with Crippen LogP contribution < -0.4 is 14.8 Å². The zero-order valence-electron chi connectivity index (χ0n) is 11.5. The van der Waals surface area contributed by atoms with Crippen LogP contribution in [0.4, 0.5) is 0 Å². The van der Waals surface area contributed by atoms with Crippen molar-refractivity contribution in [3.05, 3.63) is 23.8 Å². The summed E-state index contributed by atoms with van der Waals surface area (Å²) >= 11 is 0. The zero-order valence-corrected chi connectivity index (χ0v) is 11.5. The van der Waals surface area contributed by atoms with E-state index in [1.54, 1.807) is 0 Å². The summed E-state index contributed by atoms with van der Waals surface area (Å²) in [7, 11) is 2.18. The van der Waals surface area contributed by atoms with Gasteiger partial charge >= 0.3 is 0 Å². The summed E-state index contributed by atoms with van der Waals surface area (Å²) in [5, 5.41) is 3.61. The summed E-state index contributed by atoms with van der Waals surface area (Å²) in [5.41, 5.74) is 1.31. The molecule has 4 heteroatoms. The molecule has 4 nitrogen and oxygen atoms in total. The lowest BCUT2D eigenvalue weighted by molar-refractivity contribution is 0.297. The largest absolute Gasteiger partial charge is 0.490 e. The van der Waals surface area contributed by atoms with Crippen molar-refractivity contribution in [1.82, 2.24) is 10.2 Å². The monoisotopic (exact) mass is 262 g/mol. The summed E-state index contributed by atoms with van der Waals surface area (Å²) < 4.78 is 11.4. The molecule has 0 spiro atoms. The molecule has 3 rings (SSSR count). The average molecular weight is 262 g/mol. The van der Waals surface area contributed by atoms with Crippen LogP contribution in [0, 0.1) is 0 Å². The Bertz CT molecular complexity index is 436. The van der Waals surface area contributed by atoms with Gasteiger partial charge in [0.25, 0.3) is 0 Å². The molecular weight excluding hydrogens is 240 g/mol. The van der Waals surface area contributed by atoms with E-state index < -0.39 is 0 Å². The number of benzene rings is 1.